The van der Waals surface area contributed by atoms with Gasteiger partial charge in [-0.1, -0.05) is 29.3 Å². The molecule has 1 heterocycles. The first-order chi connectivity index (χ1) is 11.9. The molecule has 2 aromatic carbocycles. The number of hydrogen-bond donors (Lipinski definition) is 0. The molecule has 0 radical (unpaired) electrons. The largest absolute Gasteiger partial charge is 0.379 e. The van der Waals surface area contributed by atoms with Crippen LogP contribution in [0.1, 0.15) is 4.88 Å². The number of aliphatic imine (C=N–C) groups is 1. The van der Waals surface area contributed by atoms with Crippen LogP contribution in [-0.4, -0.2) is 14.6 Å². The SMILES string of the molecule is O=S(=O)(Oc1ccc(N=Cc2cccs2)cc1)c1cc(Cl)ccc1Cl. The first-order valence-corrected chi connectivity index (χ1v) is 10.1. The van der Waals surface area contributed by atoms with Gasteiger partial charge in [0.1, 0.15) is 10.6 Å². The van der Waals surface area contributed by atoms with Gasteiger partial charge in [-0.25, -0.2) is 0 Å². The van der Waals surface area contributed by atoms with Crippen molar-refractivity contribution in [3.05, 3.63) is 74.9 Å². The summed E-state index contributed by atoms with van der Waals surface area (Å²) >= 11 is 13.3. The molecule has 25 heavy (non-hydrogen) atoms. The molecule has 0 saturated heterocycles. The monoisotopic (exact) mass is 411 g/mol. The van der Waals surface area contributed by atoms with Crippen LogP contribution in [0.25, 0.3) is 0 Å². The zero-order valence-corrected chi connectivity index (χ0v) is 15.7. The van der Waals surface area contributed by atoms with E-state index in [9.17, 15) is 8.42 Å². The number of rotatable bonds is 5. The summed E-state index contributed by atoms with van der Waals surface area (Å²) in [6.07, 6.45) is 1.74. The number of thiophene rings is 1. The number of halogens is 2. The van der Waals surface area contributed by atoms with Crippen LogP contribution >= 0.6 is 34.5 Å². The third kappa shape index (κ3) is 4.61. The van der Waals surface area contributed by atoms with E-state index in [0.29, 0.717) is 5.69 Å². The van der Waals surface area contributed by atoms with E-state index in [0.717, 1.165) is 4.88 Å². The van der Waals surface area contributed by atoms with Crippen LogP contribution < -0.4 is 4.18 Å². The highest BCUT2D eigenvalue weighted by molar-refractivity contribution is 7.87. The quantitative estimate of drug-likeness (QED) is 0.407. The van der Waals surface area contributed by atoms with Gasteiger partial charge in [-0.3, -0.25) is 4.99 Å². The minimum absolute atomic E-state index is 0.0431. The molecule has 3 aromatic rings. The Kier molecular flexibility index (Phi) is 5.44. The van der Waals surface area contributed by atoms with Crippen molar-refractivity contribution in [2.75, 3.05) is 0 Å². The van der Waals surface area contributed by atoms with Crippen LogP contribution in [0.15, 0.2) is 69.9 Å². The molecule has 0 amide bonds. The summed E-state index contributed by atoms with van der Waals surface area (Å²) in [6.45, 7) is 0. The predicted octanol–water partition coefficient (Wildman–Crippen LogP) is 5.57. The maximum Gasteiger partial charge on any atom is 0.340 e. The van der Waals surface area contributed by atoms with Gasteiger partial charge in [-0.15, -0.1) is 11.3 Å². The van der Waals surface area contributed by atoms with Crippen molar-refractivity contribution < 1.29 is 12.6 Å². The van der Waals surface area contributed by atoms with Gasteiger partial charge >= 0.3 is 10.1 Å². The third-order valence-electron chi connectivity index (χ3n) is 3.09. The summed E-state index contributed by atoms with van der Waals surface area (Å²) in [4.78, 5) is 5.16. The highest BCUT2D eigenvalue weighted by atomic mass is 35.5. The molecule has 0 unspecified atom stereocenters. The van der Waals surface area contributed by atoms with Crippen LogP contribution in [0.4, 0.5) is 5.69 Å². The van der Waals surface area contributed by atoms with Gasteiger partial charge in [0.2, 0.25) is 0 Å². The number of hydrogen-bond acceptors (Lipinski definition) is 5. The van der Waals surface area contributed by atoms with Gasteiger partial charge in [0.05, 0.1) is 10.7 Å². The maximum absolute atomic E-state index is 12.3. The Hall–Kier alpha value is -1.86. The average molecular weight is 412 g/mol. The summed E-state index contributed by atoms with van der Waals surface area (Å²) in [5, 5.41) is 2.26. The summed E-state index contributed by atoms with van der Waals surface area (Å²) < 4.78 is 29.8. The number of nitrogens with zero attached hydrogens (tertiary/aromatic N) is 1. The fraction of sp³-hybridized carbons (Fsp3) is 0. The Labute approximate surface area is 159 Å². The van der Waals surface area contributed by atoms with Gasteiger partial charge in [0, 0.05) is 16.1 Å². The molecule has 0 atom stereocenters. The van der Waals surface area contributed by atoms with E-state index >= 15 is 0 Å². The molecule has 0 bridgehead atoms. The maximum atomic E-state index is 12.3. The van der Waals surface area contributed by atoms with Crippen LogP contribution in [0, 0.1) is 0 Å². The van der Waals surface area contributed by atoms with E-state index < -0.39 is 10.1 Å². The van der Waals surface area contributed by atoms with E-state index in [1.54, 1.807) is 29.7 Å². The zero-order valence-electron chi connectivity index (χ0n) is 12.6. The average Bonchev–Trinajstić information content (AvgIpc) is 3.09. The van der Waals surface area contributed by atoms with Crippen molar-refractivity contribution >= 4 is 56.6 Å². The van der Waals surface area contributed by atoms with E-state index in [1.807, 2.05) is 17.5 Å². The molecule has 0 saturated carbocycles. The topological polar surface area (TPSA) is 55.7 Å². The molecule has 8 heteroatoms. The van der Waals surface area contributed by atoms with E-state index in [2.05, 4.69) is 4.99 Å². The molecule has 1 aromatic heterocycles. The van der Waals surface area contributed by atoms with Crippen LogP contribution in [0.5, 0.6) is 5.75 Å². The second-order valence-electron chi connectivity index (χ2n) is 4.88. The van der Waals surface area contributed by atoms with Crippen molar-refractivity contribution in [2.45, 2.75) is 4.90 Å². The second-order valence-corrected chi connectivity index (χ2v) is 8.22. The molecule has 0 aliphatic rings. The molecule has 128 valence electrons. The standard InChI is InChI=1S/C17H11Cl2NO3S2/c18-12-3-8-16(19)17(10-12)25(21,22)23-14-6-4-13(5-7-14)20-11-15-2-1-9-24-15/h1-11H. The molecule has 0 aliphatic carbocycles. The smallest absolute Gasteiger partial charge is 0.340 e. The van der Waals surface area contributed by atoms with Gasteiger partial charge in [-0.2, -0.15) is 8.42 Å². The highest BCUT2D eigenvalue weighted by Crippen LogP contribution is 2.28. The van der Waals surface area contributed by atoms with Gasteiger partial charge in [0.25, 0.3) is 0 Å². The van der Waals surface area contributed by atoms with Crippen molar-refractivity contribution in [2.24, 2.45) is 4.99 Å². The highest BCUT2D eigenvalue weighted by Gasteiger charge is 2.20. The molecule has 0 aliphatic heterocycles. The minimum atomic E-state index is -4.08. The lowest BCUT2D eigenvalue weighted by Gasteiger charge is -2.09. The minimum Gasteiger partial charge on any atom is -0.379 e. The Bertz CT molecular complexity index is 999. The molecular weight excluding hydrogens is 401 g/mol. The lowest BCUT2D eigenvalue weighted by molar-refractivity contribution is 0.486. The Morgan fingerprint density at radius 2 is 1.80 bits per heavy atom. The van der Waals surface area contributed by atoms with Crippen LogP contribution in [0.2, 0.25) is 10.0 Å². The van der Waals surface area contributed by atoms with E-state index in [-0.39, 0.29) is 20.7 Å². The first kappa shape index (κ1) is 17.9. The van der Waals surface area contributed by atoms with Crippen molar-refractivity contribution in [3.63, 3.8) is 0 Å². The van der Waals surface area contributed by atoms with Crippen molar-refractivity contribution in [3.8, 4) is 5.75 Å². The predicted molar refractivity (Wildman–Crippen MR) is 102 cm³/mol. The van der Waals surface area contributed by atoms with Gasteiger partial charge < -0.3 is 4.18 Å². The summed E-state index contributed by atoms with van der Waals surface area (Å²) in [5.74, 6) is 0.158. The molecular formula is C17H11Cl2NO3S2. The fourth-order valence-corrected chi connectivity index (χ4v) is 4.19. The summed E-state index contributed by atoms with van der Waals surface area (Å²) in [6, 6.07) is 14.4. The summed E-state index contributed by atoms with van der Waals surface area (Å²) in [7, 11) is -4.08. The lowest BCUT2D eigenvalue weighted by Crippen LogP contribution is -2.10. The van der Waals surface area contributed by atoms with Gasteiger partial charge in [0.15, 0.2) is 0 Å². The molecule has 0 fully saturated rings. The first-order valence-electron chi connectivity index (χ1n) is 7.01. The number of benzene rings is 2. The molecule has 4 nitrogen and oxygen atoms in total. The van der Waals surface area contributed by atoms with Crippen molar-refractivity contribution in [1.29, 1.82) is 0 Å². The summed E-state index contributed by atoms with van der Waals surface area (Å²) in [5.41, 5.74) is 0.680. The molecule has 3 rings (SSSR count). The van der Waals surface area contributed by atoms with Crippen LogP contribution in [-0.2, 0) is 10.1 Å². The van der Waals surface area contributed by atoms with Gasteiger partial charge in [-0.05, 0) is 53.9 Å². The zero-order chi connectivity index (χ0) is 17.9. The Morgan fingerprint density at radius 1 is 1.04 bits per heavy atom. The van der Waals surface area contributed by atoms with Crippen LogP contribution in [0.3, 0.4) is 0 Å². The molecule has 0 spiro atoms. The van der Waals surface area contributed by atoms with E-state index in [1.165, 1.54) is 30.3 Å². The lowest BCUT2D eigenvalue weighted by atomic mass is 10.3. The van der Waals surface area contributed by atoms with E-state index in [4.69, 9.17) is 27.4 Å². The van der Waals surface area contributed by atoms with Crippen molar-refractivity contribution in [1.82, 2.24) is 0 Å². The Morgan fingerprint density at radius 3 is 2.48 bits per heavy atom. The molecule has 0 N–H and O–H groups in total. The normalized spacial score (nSPS) is 11.8. The fourth-order valence-electron chi connectivity index (χ4n) is 1.93. The third-order valence-corrected chi connectivity index (χ3v) is 5.86. The second kappa shape index (κ2) is 7.58. The Balaban J connectivity index is 1.77.